The van der Waals surface area contributed by atoms with Gasteiger partial charge in [-0.3, -0.25) is 9.59 Å². The van der Waals surface area contributed by atoms with E-state index in [4.69, 9.17) is 5.11 Å². The van der Waals surface area contributed by atoms with Crippen molar-refractivity contribution in [2.45, 2.75) is 13.8 Å². The summed E-state index contributed by atoms with van der Waals surface area (Å²) in [6.07, 6.45) is 1.52. The molecule has 0 saturated heterocycles. The summed E-state index contributed by atoms with van der Waals surface area (Å²) in [5.41, 5.74) is 0.865. The minimum atomic E-state index is -0.205. The fraction of sp³-hybridized carbons (Fsp3) is 0.455. The summed E-state index contributed by atoms with van der Waals surface area (Å²) < 4.78 is 0. The van der Waals surface area contributed by atoms with E-state index in [0.29, 0.717) is 24.3 Å². The molecule has 1 amide bonds. The molecule has 1 heterocycles. The first-order valence-corrected chi connectivity index (χ1v) is 5.19. The topological polar surface area (TPSA) is 73.4 Å². The number of Topliss-reactive ketones (excluding diaryl/α,β-unsaturated/α-hetero) is 1. The standard InChI is InChI=1S/C11H16N2O3/c1-3-13(4-5-14)11(16)10-6-9(7-12-10)8(2)15/h6-7,12,14H,3-5H2,1-2H3. The molecule has 0 radical (unpaired) electrons. The number of ketones is 1. The number of hydrogen-bond donors (Lipinski definition) is 2. The van der Waals surface area contributed by atoms with Gasteiger partial charge >= 0.3 is 0 Å². The lowest BCUT2D eigenvalue weighted by molar-refractivity contribution is 0.0727. The molecule has 1 aromatic rings. The number of likely N-dealkylation sites (N-methyl/N-ethyl adjacent to an activating group) is 1. The zero-order chi connectivity index (χ0) is 12.1. The number of carbonyl (C=O) groups excluding carboxylic acids is 2. The molecule has 0 unspecified atom stereocenters. The van der Waals surface area contributed by atoms with Crippen LogP contribution in [-0.4, -0.2) is 46.4 Å². The van der Waals surface area contributed by atoms with Gasteiger partial charge in [-0.25, -0.2) is 0 Å². The maximum absolute atomic E-state index is 11.9. The number of nitrogens with zero attached hydrogens (tertiary/aromatic N) is 1. The lowest BCUT2D eigenvalue weighted by Gasteiger charge is -2.18. The Morgan fingerprint density at radius 2 is 2.19 bits per heavy atom. The van der Waals surface area contributed by atoms with Crippen LogP contribution in [0.5, 0.6) is 0 Å². The van der Waals surface area contributed by atoms with Gasteiger partial charge in [0.15, 0.2) is 5.78 Å². The highest BCUT2D eigenvalue weighted by Crippen LogP contribution is 2.07. The van der Waals surface area contributed by atoms with Gasteiger partial charge in [-0.1, -0.05) is 0 Å². The van der Waals surface area contributed by atoms with Gasteiger partial charge in [0.25, 0.3) is 5.91 Å². The highest BCUT2D eigenvalue weighted by atomic mass is 16.3. The maximum Gasteiger partial charge on any atom is 0.270 e. The molecule has 1 aromatic heterocycles. The van der Waals surface area contributed by atoms with Gasteiger partial charge in [-0.2, -0.15) is 0 Å². The molecule has 0 saturated carbocycles. The van der Waals surface area contributed by atoms with E-state index in [1.54, 1.807) is 0 Å². The second kappa shape index (κ2) is 5.46. The Morgan fingerprint density at radius 3 is 2.62 bits per heavy atom. The Labute approximate surface area is 94.1 Å². The van der Waals surface area contributed by atoms with E-state index >= 15 is 0 Å². The van der Waals surface area contributed by atoms with Gasteiger partial charge < -0.3 is 15.0 Å². The van der Waals surface area contributed by atoms with Crippen LogP contribution in [0.3, 0.4) is 0 Å². The van der Waals surface area contributed by atoms with Crippen LogP contribution in [0.15, 0.2) is 12.3 Å². The van der Waals surface area contributed by atoms with E-state index < -0.39 is 0 Å². The molecule has 0 aliphatic heterocycles. The van der Waals surface area contributed by atoms with Crippen molar-refractivity contribution in [2.24, 2.45) is 0 Å². The smallest absolute Gasteiger partial charge is 0.270 e. The average Bonchev–Trinajstić information content (AvgIpc) is 2.74. The van der Waals surface area contributed by atoms with Gasteiger partial charge in [0, 0.05) is 24.8 Å². The average molecular weight is 224 g/mol. The van der Waals surface area contributed by atoms with E-state index in [9.17, 15) is 9.59 Å². The van der Waals surface area contributed by atoms with E-state index in [0.717, 1.165) is 0 Å². The maximum atomic E-state index is 11.9. The summed E-state index contributed by atoms with van der Waals surface area (Å²) in [5.74, 6) is -0.287. The number of H-pyrrole nitrogens is 1. The molecule has 0 spiro atoms. The third-order valence-electron chi connectivity index (χ3n) is 2.36. The largest absolute Gasteiger partial charge is 0.395 e. The third-order valence-corrected chi connectivity index (χ3v) is 2.36. The molecule has 2 N–H and O–H groups in total. The van der Waals surface area contributed by atoms with Crippen LogP contribution in [0.2, 0.25) is 0 Å². The fourth-order valence-corrected chi connectivity index (χ4v) is 1.42. The first-order chi connectivity index (χ1) is 7.60. The zero-order valence-corrected chi connectivity index (χ0v) is 9.49. The van der Waals surface area contributed by atoms with Gasteiger partial charge in [0.2, 0.25) is 0 Å². The molecule has 0 bridgehead atoms. The number of aromatic nitrogens is 1. The number of aromatic amines is 1. The molecule has 88 valence electrons. The summed E-state index contributed by atoms with van der Waals surface area (Å²) in [4.78, 5) is 27.2. The lowest BCUT2D eigenvalue weighted by atomic mass is 10.2. The van der Waals surface area contributed by atoms with E-state index in [2.05, 4.69) is 4.98 Å². The second-order valence-corrected chi connectivity index (χ2v) is 3.47. The number of nitrogens with one attached hydrogen (secondary N) is 1. The Balaban J connectivity index is 2.82. The van der Waals surface area contributed by atoms with Crippen LogP contribution in [0.1, 0.15) is 34.7 Å². The van der Waals surface area contributed by atoms with Gasteiger partial charge in [-0.15, -0.1) is 0 Å². The van der Waals surface area contributed by atoms with E-state index in [-0.39, 0.29) is 18.3 Å². The van der Waals surface area contributed by atoms with Crippen molar-refractivity contribution >= 4 is 11.7 Å². The molecule has 0 aliphatic rings. The van der Waals surface area contributed by atoms with Crippen LogP contribution in [0.4, 0.5) is 0 Å². The Morgan fingerprint density at radius 1 is 1.50 bits per heavy atom. The quantitative estimate of drug-likeness (QED) is 0.722. The Bertz CT molecular complexity index is 384. The summed E-state index contributed by atoms with van der Waals surface area (Å²) in [6.45, 7) is 4.03. The van der Waals surface area contributed by atoms with Gasteiger partial charge in [-0.05, 0) is 19.9 Å². The van der Waals surface area contributed by atoms with Crippen molar-refractivity contribution in [2.75, 3.05) is 19.7 Å². The van der Waals surface area contributed by atoms with Crippen molar-refractivity contribution in [1.29, 1.82) is 0 Å². The predicted molar refractivity (Wildman–Crippen MR) is 59.5 cm³/mol. The van der Waals surface area contributed by atoms with Crippen LogP contribution in [0.25, 0.3) is 0 Å². The molecule has 0 atom stereocenters. The molecule has 5 nitrogen and oxygen atoms in total. The summed E-state index contributed by atoms with van der Waals surface area (Å²) >= 11 is 0. The lowest BCUT2D eigenvalue weighted by Crippen LogP contribution is -2.33. The number of hydrogen-bond acceptors (Lipinski definition) is 3. The number of aliphatic hydroxyl groups excluding tert-OH is 1. The minimum absolute atomic E-state index is 0.0696. The monoisotopic (exact) mass is 224 g/mol. The molecule has 1 rings (SSSR count). The molecule has 0 aliphatic carbocycles. The van der Waals surface area contributed by atoms with Crippen LogP contribution >= 0.6 is 0 Å². The van der Waals surface area contributed by atoms with Crippen molar-refractivity contribution in [3.63, 3.8) is 0 Å². The fourth-order valence-electron chi connectivity index (χ4n) is 1.42. The second-order valence-electron chi connectivity index (χ2n) is 3.47. The van der Waals surface area contributed by atoms with Crippen molar-refractivity contribution in [3.8, 4) is 0 Å². The molecule has 0 fully saturated rings. The zero-order valence-electron chi connectivity index (χ0n) is 9.49. The first kappa shape index (κ1) is 12.4. The number of amides is 1. The molecule has 0 aromatic carbocycles. The van der Waals surface area contributed by atoms with Crippen LogP contribution in [-0.2, 0) is 0 Å². The highest BCUT2D eigenvalue weighted by molar-refractivity contribution is 5.99. The van der Waals surface area contributed by atoms with Crippen LogP contribution in [0, 0.1) is 0 Å². The van der Waals surface area contributed by atoms with Crippen molar-refractivity contribution < 1.29 is 14.7 Å². The SMILES string of the molecule is CCN(CCO)C(=O)c1cc(C(C)=O)c[nH]1. The summed E-state index contributed by atoms with van der Waals surface area (Å²) in [5, 5.41) is 8.80. The Hall–Kier alpha value is -1.62. The number of rotatable bonds is 5. The van der Waals surface area contributed by atoms with E-state index in [1.165, 1.54) is 24.1 Å². The van der Waals surface area contributed by atoms with Crippen molar-refractivity contribution in [1.82, 2.24) is 9.88 Å². The summed E-state index contributed by atoms with van der Waals surface area (Å²) in [7, 11) is 0. The van der Waals surface area contributed by atoms with E-state index in [1.807, 2.05) is 6.92 Å². The van der Waals surface area contributed by atoms with Gasteiger partial charge in [0.05, 0.1) is 6.61 Å². The molecular formula is C11H16N2O3. The molecule has 16 heavy (non-hydrogen) atoms. The number of aliphatic hydroxyl groups is 1. The number of carbonyl (C=O) groups is 2. The summed E-state index contributed by atoms with van der Waals surface area (Å²) in [6, 6.07) is 1.53. The van der Waals surface area contributed by atoms with Gasteiger partial charge in [0.1, 0.15) is 5.69 Å². The Kier molecular flexibility index (Phi) is 4.25. The normalized spacial score (nSPS) is 10.2. The minimum Gasteiger partial charge on any atom is -0.395 e. The third kappa shape index (κ3) is 2.70. The van der Waals surface area contributed by atoms with Crippen molar-refractivity contribution in [3.05, 3.63) is 23.5 Å². The predicted octanol–water partition coefficient (Wildman–Crippen LogP) is 0.672. The van der Waals surface area contributed by atoms with Crippen LogP contribution < -0.4 is 0 Å². The highest BCUT2D eigenvalue weighted by Gasteiger charge is 2.16. The molecular weight excluding hydrogens is 208 g/mol. The molecule has 5 heteroatoms. The first-order valence-electron chi connectivity index (χ1n) is 5.19.